The van der Waals surface area contributed by atoms with Gasteiger partial charge in [0.15, 0.2) is 29.0 Å². The van der Waals surface area contributed by atoms with E-state index in [-0.39, 0.29) is 6.04 Å². The molecule has 8 heteroatoms. The van der Waals surface area contributed by atoms with Gasteiger partial charge in [0.25, 0.3) is 0 Å². The van der Waals surface area contributed by atoms with E-state index in [0.717, 1.165) is 45.4 Å². The van der Waals surface area contributed by atoms with E-state index in [4.69, 9.17) is 24.6 Å². The molecule has 0 fully saturated rings. The molecule has 0 bridgehead atoms. The predicted molar refractivity (Wildman–Crippen MR) is 177 cm³/mol. The lowest BCUT2D eigenvalue weighted by atomic mass is 9.91. The number of nitrogens with zero attached hydrogens (tertiary/aromatic N) is 5. The number of ether oxygens (including phenoxy) is 2. The minimum absolute atomic E-state index is 0.185. The molecule has 2 aliphatic rings. The number of anilines is 2. The van der Waals surface area contributed by atoms with Crippen molar-refractivity contribution in [2.24, 2.45) is 9.98 Å². The highest BCUT2D eigenvalue weighted by Gasteiger charge is 2.41. The molecule has 0 spiro atoms. The maximum absolute atomic E-state index is 5.59. The third kappa shape index (κ3) is 4.59. The van der Waals surface area contributed by atoms with Gasteiger partial charge in [-0.15, -0.1) is 0 Å². The van der Waals surface area contributed by atoms with Gasteiger partial charge in [0, 0.05) is 17.3 Å². The Morgan fingerprint density at radius 3 is 2.25 bits per heavy atom. The van der Waals surface area contributed by atoms with Crippen LogP contribution in [0.4, 0.5) is 22.9 Å². The Morgan fingerprint density at radius 1 is 0.795 bits per heavy atom. The van der Waals surface area contributed by atoms with Gasteiger partial charge >= 0.3 is 0 Å². The Kier molecular flexibility index (Phi) is 6.89. The van der Waals surface area contributed by atoms with E-state index < -0.39 is 0 Å². The Labute approximate surface area is 257 Å². The summed E-state index contributed by atoms with van der Waals surface area (Å²) in [6.45, 7) is 6.51. The number of benzene rings is 4. The van der Waals surface area contributed by atoms with Gasteiger partial charge in [-0.05, 0) is 60.4 Å². The molecule has 1 N–H and O–H groups in total. The lowest BCUT2D eigenvalue weighted by Gasteiger charge is -2.40. The van der Waals surface area contributed by atoms with Crippen molar-refractivity contribution in [3.8, 4) is 17.2 Å². The van der Waals surface area contributed by atoms with Crippen LogP contribution >= 0.6 is 0 Å². The molecule has 3 heterocycles. The number of hydrogen-bond acceptors (Lipinski definition) is 7. The molecule has 0 radical (unpaired) electrons. The summed E-state index contributed by atoms with van der Waals surface area (Å²) < 4.78 is 13.0. The molecular weight excluding hydrogens is 548 g/mol. The van der Waals surface area contributed by atoms with Crippen molar-refractivity contribution in [1.29, 1.82) is 0 Å². The smallest absolute Gasteiger partial charge is 0.179 e. The van der Waals surface area contributed by atoms with E-state index in [2.05, 4.69) is 73.5 Å². The van der Waals surface area contributed by atoms with Crippen LogP contribution in [-0.4, -0.2) is 35.7 Å². The summed E-state index contributed by atoms with van der Waals surface area (Å²) in [4.78, 5) is 12.7. The second-order valence-electron chi connectivity index (χ2n) is 11.2. The van der Waals surface area contributed by atoms with E-state index >= 15 is 0 Å². The number of methoxy groups -OCH3 is 2. The maximum atomic E-state index is 5.59. The summed E-state index contributed by atoms with van der Waals surface area (Å²) >= 11 is 0. The number of fused-ring (bicyclic) bond motifs is 4. The molecule has 1 atom stereocenters. The first-order valence-electron chi connectivity index (χ1n) is 14.8. The van der Waals surface area contributed by atoms with Crippen LogP contribution in [0.1, 0.15) is 48.2 Å². The van der Waals surface area contributed by atoms with Crippen molar-refractivity contribution in [1.82, 2.24) is 9.78 Å². The minimum Gasteiger partial charge on any atom is -0.493 e. The third-order valence-electron chi connectivity index (χ3n) is 8.20. The first kappa shape index (κ1) is 27.5. The molecule has 2 aliphatic heterocycles. The summed E-state index contributed by atoms with van der Waals surface area (Å²) in [5.74, 6) is 3.84. The Hall–Kier alpha value is -5.37. The number of rotatable bonds is 6. The normalized spacial score (nSPS) is 15.1. The number of hydrogen-bond donors (Lipinski definition) is 1. The van der Waals surface area contributed by atoms with Crippen LogP contribution in [0.5, 0.6) is 11.5 Å². The Balaban J connectivity index is 1.45. The van der Waals surface area contributed by atoms with Crippen LogP contribution in [0.15, 0.2) is 107 Å². The van der Waals surface area contributed by atoms with E-state index in [9.17, 15) is 0 Å². The van der Waals surface area contributed by atoms with E-state index in [0.29, 0.717) is 29.1 Å². The zero-order chi connectivity index (χ0) is 30.4. The zero-order valence-electron chi connectivity index (χ0n) is 25.4. The molecule has 0 unspecified atom stereocenters. The molecule has 0 aliphatic carbocycles. The standard InChI is InChI=1S/C36H34N6O2/c1-22(2)24-15-17-25(18-16-24)33-32-23(3)40-42(27-11-7-6-8-12-27)35(32)39-36-34(38-28-13-9-10-14-29(28)41(33)36)37-26-19-20-30(43-4)31(21-26)44-5/h6-22,33H,1-5H3,(H,37,38)/t33-/m0/s1. The van der Waals surface area contributed by atoms with Crippen molar-refractivity contribution < 1.29 is 9.47 Å². The molecule has 0 amide bonds. The van der Waals surface area contributed by atoms with Gasteiger partial charge in [0.2, 0.25) is 0 Å². The van der Waals surface area contributed by atoms with Crippen molar-refractivity contribution in [2.45, 2.75) is 32.7 Å². The van der Waals surface area contributed by atoms with Crippen molar-refractivity contribution in [2.75, 3.05) is 24.4 Å². The highest BCUT2D eigenvalue weighted by Crippen LogP contribution is 2.48. The largest absolute Gasteiger partial charge is 0.493 e. The summed E-state index contributed by atoms with van der Waals surface area (Å²) in [7, 11) is 3.26. The highest BCUT2D eigenvalue weighted by molar-refractivity contribution is 6.51. The molecule has 5 aromatic rings. The fraction of sp³-hybridized carbons (Fsp3) is 0.194. The fourth-order valence-electron chi connectivity index (χ4n) is 5.98. The molecule has 1 aromatic heterocycles. The van der Waals surface area contributed by atoms with Crippen LogP contribution in [0.2, 0.25) is 0 Å². The van der Waals surface area contributed by atoms with Gasteiger partial charge in [-0.2, -0.15) is 5.10 Å². The van der Waals surface area contributed by atoms with Gasteiger partial charge < -0.3 is 19.7 Å². The fourth-order valence-corrected chi connectivity index (χ4v) is 5.98. The Bertz CT molecular complexity index is 1910. The van der Waals surface area contributed by atoms with E-state index in [1.54, 1.807) is 14.2 Å². The van der Waals surface area contributed by atoms with E-state index in [1.807, 2.05) is 59.3 Å². The summed E-state index contributed by atoms with van der Waals surface area (Å²) in [6, 6.07) is 32.9. The third-order valence-corrected chi connectivity index (χ3v) is 8.20. The monoisotopic (exact) mass is 582 g/mol. The van der Waals surface area contributed by atoms with Crippen LogP contribution in [0.3, 0.4) is 0 Å². The van der Waals surface area contributed by atoms with Gasteiger partial charge in [-0.25, -0.2) is 14.7 Å². The molecule has 4 aromatic carbocycles. The molecular formula is C36H34N6O2. The lowest BCUT2D eigenvalue weighted by Crippen LogP contribution is -2.46. The SMILES string of the molecule is COc1ccc(NC2=Nc3ccccc3N3C2=Nc2c(c(C)nn2-c2ccccc2)[C@@H]3c2ccc(C(C)C)cc2)cc1OC. The van der Waals surface area contributed by atoms with Crippen LogP contribution in [0.25, 0.3) is 5.69 Å². The topological polar surface area (TPSA) is 76.3 Å². The maximum Gasteiger partial charge on any atom is 0.179 e. The molecule has 44 heavy (non-hydrogen) atoms. The second-order valence-corrected chi connectivity index (χ2v) is 11.2. The first-order chi connectivity index (χ1) is 21.5. The molecule has 8 nitrogen and oxygen atoms in total. The first-order valence-corrected chi connectivity index (χ1v) is 14.8. The molecule has 220 valence electrons. The average Bonchev–Trinajstić information content (AvgIpc) is 3.40. The molecule has 7 rings (SSSR count). The Morgan fingerprint density at radius 2 is 1.52 bits per heavy atom. The summed E-state index contributed by atoms with van der Waals surface area (Å²) in [5.41, 5.74) is 8.05. The average molecular weight is 583 g/mol. The predicted octanol–water partition coefficient (Wildman–Crippen LogP) is 8.12. The number of aromatic nitrogens is 2. The molecule has 0 saturated carbocycles. The van der Waals surface area contributed by atoms with Gasteiger partial charge in [0.05, 0.1) is 43.0 Å². The number of para-hydroxylation sites is 3. The zero-order valence-corrected chi connectivity index (χ0v) is 25.4. The van der Waals surface area contributed by atoms with Crippen LogP contribution < -0.4 is 19.7 Å². The van der Waals surface area contributed by atoms with Gasteiger partial charge in [0.1, 0.15) is 0 Å². The van der Waals surface area contributed by atoms with Crippen molar-refractivity contribution in [3.63, 3.8) is 0 Å². The number of nitrogens with one attached hydrogen (secondary N) is 1. The lowest BCUT2D eigenvalue weighted by molar-refractivity contribution is 0.355. The molecule has 0 saturated heterocycles. The number of aryl methyl sites for hydroxylation is 1. The number of amidine groups is 2. The van der Waals surface area contributed by atoms with Crippen LogP contribution in [0, 0.1) is 6.92 Å². The van der Waals surface area contributed by atoms with Gasteiger partial charge in [-0.3, -0.25) is 0 Å². The highest BCUT2D eigenvalue weighted by atomic mass is 16.5. The van der Waals surface area contributed by atoms with E-state index in [1.165, 1.54) is 5.56 Å². The number of aliphatic imine (C=N–C) groups is 2. The summed E-state index contributed by atoms with van der Waals surface area (Å²) in [5, 5.41) is 8.59. The van der Waals surface area contributed by atoms with Gasteiger partial charge in [-0.1, -0.05) is 68.4 Å². The van der Waals surface area contributed by atoms with Crippen molar-refractivity contribution in [3.05, 3.63) is 119 Å². The minimum atomic E-state index is -0.185. The van der Waals surface area contributed by atoms with Crippen molar-refractivity contribution >= 4 is 34.6 Å². The van der Waals surface area contributed by atoms with Crippen LogP contribution in [-0.2, 0) is 0 Å². The second kappa shape index (κ2) is 11.0. The quantitative estimate of drug-likeness (QED) is 0.219. The summed E-state index contributed by atoms with van der Waals surface area (Å²) in [6.07, 6.45) is 0.